The predicted molar refractivity (Wildman–Crippen MR) is 62.9 cm³/mol. The summed E-state index contributed by atoms with van der Waals surface area (Å²) < 4.78 is 5.41. The first kappa shape index (κ1) is 13.0. The number of aliphatic hydroxyl groups excluding tert-OH is 1. The third-order valence-electron chi connectivity index (χ3n) is 3.53. The van der Waals surface area contributed by atoms with Gasteiger partial charge >= 0.3 is 0 Å². The molecule has 0 spiro atoms. The molecular formula is C13H26O2. The lowest BCUT2D eigenvalue weighted by molar-refractivity contribution is 0.0368. The molecule has 0 heterocycles. The Morgan fingerprint density at radius 2 is 1.87 bits per heavy atom. The second-order valence-corrected chi connectivity index (χ2v) is 5.09. The third kappa shape index (κ3) is 5.53. The Labute approximate surface area is 94.0 Å². The van der Waals surface area contributed by atoms with Gasteiger partial charge < -0.3 is 9.84 Å². The molecule has 2 heteroatoms. The number of rotatable bonds is 6. The van der Waals surface area contributed by atoms with Crippen LogP contribution in [0.15, 0.2) is 0 Å². The molecule has 1 aliphatic rings. The molecule has 1 aliphatic carbocycles. The van der Waals surface area contributed by atoms with Crippen LogP contribution in [-0.2, 0) is 4.74 Å². The van der Waals surface area contributed by atoms with E-state index in [2.05, 4.69) is 6.92 Å². The van der Waals surface area contributed by atoms with Crippen molar-refractivity contribution < 1.29 is 9.84 Å². The Bertz CT molecular complexity index is 151. The summed E-state index contributed by atoms with van der Waals surface area (Å²) in [7, 11) is 0. The second kappa shape index (κ2) is 7.24. The molecule has 0 aromatic rings. The Balaban J connectivity index is 2.04. The van der Waals surface area contributed by atoms with Crippen LogP contribution < -0.4 is 0 Å². The zero-order valence-corrected chi connectivity index (χ0v) is 10.2. The first-order chi connectivity index (χ1) is 7.20. The fraction of sp³-hybridized carbons (Fsp3) is 1.00. The van der Waals surface area contributed by atoms with Crippen molar-refractivity contribution in [2.24, 2.45) is 11.8 Å². The minimum absolute atomic E-state index is 0.324. The molecule has 1 N–H and O–H groups in total. The van der Waals surface area contributed by atoms with E-state index in [9.17, 15) is 0 Å². The molecule has 1 rings (SSSR count). The number of hydrogen-bond acceptors (Lipinski definition) is 2. The van der Waals surface area contributed by atoms with Crippen molar-refractivity contribution in [1.82, 2.24) is 0 Å². The molecule has 1 unspecified atom stereocenters. The molecule has 90 valence electrons. The van der Waals surface area contributed by atoms with Gasteiger partial charge in [0.25, 0.3) is 0 Å². The molecule has 0 aromatic carbocycles. The predicted octanol–water partition coefficient (Wildman–Crippen LogP) is 2.99. The highest BCUT2D eigenvalue weighted by Gasteiger charge is 2.19. The van der Waals surface area contributed by atoms with E-state index in [0.29, 0.717) is 6.61 Å². The highest BCUT2D eigenvalue weighted by Crippen LogP contribution is 2.31. The molecule has 2 nitrogen and oxygen atoms in total. The summed E-state index contributed by atoms with van der Waals surface area (Å²) in [5, 5.41) is 9.04. The molecule has 0 radical (unpaired) electrons. The van der Waals surface area contributed by atoms with E-state index in [1.165, 1.54) is 32.1 Å². The highest BCUT2D eigenvalue weighted by atomic mass is 16.5. The van der Waals surface area contributed by atoms with Crippen LogP contribution in [0.2, 0.25) is 0 Å². The van der Waals surface area contributed by atoms with E-state index in [1.807, 2.05) is 0 Å². The van der Waals surface area contributed by atoms with Gasteiger partial charge in [-0.3, -0.25) is 0 Å². The Morgan fingerprint density at radius 1 is 1.20 bits per heavy atom. The molecular weight excluding hydrogens is 188 g/mol. The van der Waals surface area contributed by atoms with Gasteiger partial charge in [-0.15, -0.1) is 0 Å². The Kier molecular flexibility index (Phi) is 6.26. The summed E-state index contributed by atoms with van der Waals surface area (Å²) in [4.78, 5) is 0. The van der Waals surface area contributed by atoms with Gasteiger partial charge in [0.15, 0.2) is 0 Å². The van der Waals surface area contributed by atoms with Crippen molar-refractivity contribution in [2.75, 3.05) is 13.2 Å². The summed E-state index contributed by atoms with van der Waals surface area (Å²) in [6, 6.07) is 0. The quantitative estimate of drug-likeness (QED) is 0.689. The van der Waals surface area contributed by atoms with E-state index in [1.54, 1.807) is 6.92 Å². The smallest absolute Gasteiger partial charge is 0.0745 e. The minimum Gasteiger partial charge on any atom is -0.391 e. The minimum atomic E-state index is -0.324. The van der Waals surface area contributed by atoms with Gasteiger partial charge in [-0.1, -0.05) is 39.0 Å². The fourth-order valence-electron chi connectivity index (χ4n) is 2.46. The van der Waals surface area contributed by atoms with Crippen LogP contribution in [0.4, 0.5) is 0 Å². The maximum absolute atomic E-state index is 9.04. The monoisotopic (exact) mass is 214 g/mol. The van der Waals surface area contributed by atoms with Crippen molar-refractivity contribution in [2.45, 2.75) is 58.5 Å². The van der Waals surface area contributed by atoms with Gasteiger partial charge in [0, 0.05) is 6.61 Å². The van der Waals surface area contributed by atoms with E-state index in [0.717, 1.165) is 24.9 Å². The van der Waals surface area contributed by atoms with Crippen LogP contribution in [0.5, 0.6) is 0 Å². The van der Waals surface area contributed by atoms with Crippen LogP contribution in [0.1, 0.15) is 52.4 Å². The SMILES string of the molecule is CC(CCOC[C@H](C)O)C1CCCCC1. The van der Waals surface area contributed by atoms with Crippen molar-refractivity contribution in [3.05, 3.63) is 0 Å². The normalized spacial score (nSPS) is 22.6. The summed E-state index contributed by atoms with van der Waals surface area (Å²) >= 11 is 0. The van der Waals surface area contributed by atoms with Gasteiger partial charge in [-0.05, 0) is 25.2 Å². The lowest BCUT2D eigenvalue weighted by Crippen LogP contribution is -2.18. The van der Waals surface area contributed by atoms with Crippen LogP contribution in [0, 0.1) is 11.8 Å². The van der Waals surface area contributed by atoms with Crippen LogP contribution in [0.25, 0.3) is 0 Å². The van der Waals surface area contributed by atoms with Gasteiger partial charge in [0.2, 0.25) is 0 Å². The number of hydrogen-bond donors (Lipinski definition) is 1. The largest absolute Gasteiger partial charge is 0.391 e. The van der Waals surface area contributed by atoms with E-state index >= 15 is 0 Å². The van der Waals surface area contributed by atoms with E-state index < -0.39 is 0 Å². The van der Waals surface area contributed by atoms with Crippen molar-refractivity contribution in [1.29, 1.82) is 0 Å². The third-order valence-corrected chi connectivity index (χ3v) is 3.53. The molecule has 0 saturated heterocycles. The standard InChI is InChI=1S/C13H26O2/c1-11(8-9-15-10-12(2)14)13-6-4-3-5-7-13/h11-14H,3-10H2,1-2H3/t11?,12-/m0/s1. The zero-order chi connectivity index (χ0) is 11.1. The van der Waals surface area contributed by atoms with Crippen LogP contribution in [0.3, 0.4) is 0 Å². The maximum atomic E-state index is 9.04. The fourth-order valence-corrected chi connectivity index (χ4v) is 2.46. The summed E-state index contributed by atoms with van der Waals surface area (Å²) in [5.74, 6) is 1.72. The first-order valence-electron chi connectivity index (χ1n) is 6.46. The molecule has 1 fully saturated rings. The van der Waals surface area contributed by atoms with Crippen molar-refractivity contribution in [3.63, 3.8) is 0 Å². The Hall–Kier alpha value is -0.0800. The topological polar surface area (TPSA) is 29.5 Å². The summed E-state index contributed by atoms with van der Waals surface area (Å²) in [6.07, 6.45) is 7.93. The average Bonchev–Trinajstić information content (AvgIpc) is 2.25. The molecule has 0 aliphatic heterocycles. The van der Waals surface area contributed by atoms with Crippen LogP contribution in [-0.4, -0.2) is 24.4 Å². The molecule has 2 atom stereocenters. The number of aliphatic hydroxyl groups is 1. The zero-order valence-electron chi connectivity index (χ0n) is 10.2. The molecule has 15 heavy (non-hydrogen) atoms. The molecule has 0 bridgehead atoms. The second-order valence-electron chi connectivity index (χ2n) is 5.09. The molecule has 0 aromatic heterocycles. The first-order valence-corrected chi connectivity index (χ1v) is 6.46. The summed E-state index contributed by atoms with van der Waals surface area (Å²) in [5.41, 5.74) is 0. The lowest BCUT2D eigenvalue weighted by Gasteiger charge is -2.27. The Morgan fingerprint density at radius 3 is 2.47 bits per heavy atom. The molecule has 0 amide bonds. The molecule has 1 saturated carbocycles. The average molecular weight is 214 g/mol. The highest BCUT2D eigenvalue weighted by molar-refractivity contribution is 4.71. The van der Waals surface area contributed by atoms with E-state index in [4.69, 9.17) is 9.84 Å². The summed E-state index contributed by atoms with van der Waals surface area (Å²) in [6.45, 7) is 5.41. The van der Waals surface area contributed by atoms with Gasteiger partial charge in [-0.2, -0.15) is 0 Å². The van der Waals surface area contributed by atoms with Crippen LogP contribution >= 0.6 is 0 Å². The lowest BCUT2D eigenvalue weighted by atomic mass is 9.80. The van der Waals surface area contributed by atoms with Crippen molar-refractivity contribution >= 4 is 0 Å². The van der Waals surface area contributed by atoms with E-state index in [-0.39, 0.29) is 6.10 Å². The number of ether oxygens (including phenoxy) is 1. The van der Waals surface area contributed by atoms with Gasteiger partial charge in [-0.25, -0.2) is 0 Å². The maximum Gasteiger partial charge on any atom is 0.0745 e. The van der Waals surface area contributed by atoms with Crippen molar-refractivity contribution in [3.8, 4) is 0 Å². The van der Waals surface area contributed by atoms with Gasteiger partial charge in [0.1, 0.15) is 0 Å². The van der Waals surface area contributed by atoms with Gasteiger partial charge in [0.05, 0.1) is 12.7 Å².